The normalized spacial score (nSPS) is 25.1. The standard InChI is InChI=1S/C20H22F3N5/c21-20(22,23)15-2-1-7-24-19(15)27-8-5-14-6-9-28(17(14)11-27)18-10-16(13-3-4-13)25-12-26-18/h1-2,7,10,12-14,17H,3-6,8-9,11H2. The summed E-state index contributed by atoms with van der Waals surface area (Å²) < 4.78 is 40.3. The van der Waals surface area contributed by atoms with E-state index in [0.717, 1.165) is 37.0 Å². The van der Waals surface area contributed by atoms with Crippen LogP contribution in [0.3, 0.4) is 0 Å². The summed E-state index contributed by atoms with van der Waals surface area (Å²) in [5, 5.41) is 0. The molecule has 148 valence electrons. The smallest absolute Gasteiger partial charge is 0.354 e. The fourth-order valence-electron chi connectivity index (χ4n) is 4.61. The van der Waals surface area contributed by atoms with Crippen molar-refractivity contribution in [2.75, 3.05) is 29.4 Å². The Kier molecular flexibility index (Phi) is 4.17. The molecule has 0 radical (unpaired) electrons. The summed E-state index contributed by atoms with van der Waals surface area (Å²) >= 11 is 0. The van der Waals surface area contributed by atoms with Gasteiger partial charge in [-0.3, -0.25) is 0 Å². The van der Waals surface area contributed by atoms with Crippen LogP contribution < -0.4 is 9.80 Å². The zero-order valence-corrected chi connectivity index (χ0v) is 15.4. The molecule has 2 atom stereocenters. The highest BCUT2D eigenvalue weighted by Crippen LogP contribution is 2.42. The van der Waals surface area contributed by atoms with E-state index in [4.69, 9.17) is 0 Å². The number of anilines is 2. The van der Waals surface area contributed by atoms with E-state index in [1.807, 2.05) is 0 Å². The molecule has 3 fully saturated rings. The lowest BCUT2D eigenvalue weighted by atomic mass is 9.92. The molecule has 28 heavy (non-hydrogen) atoms. The Bertz CT molecular complexity index is 867. The number of hydrogen-bond acceptors (Lipinski definition) is 5. The molecule has 2 aromatic rings. The summed E-state index contributed by atoms with van der Waals surface area (Å²) in [5.41, 5.74) is 0.432. The Morgan fingerprint density at radius 1 is 1.00 bits per heavy atom. The fraction of sp³-hybridized carbons (Fsp3) is 0.550. The topological polar surface area (TPSA) is 45.2 Å². The van der Waals surface area contributed by atoms with E-state index in [2.05, 4.69) is 25.9 Å². The molecule has 5 nitrogen and oxygen atoms in total. The van der Waals surface area contributed by atoms with E-state index in [1.165, 1.54) is 25.1 Å². The molecule has 0 amide bonds. The Hall–Kier alpha value is -2.38. The van der Waals surface area contributed by atoms with E-state index in [0.29, 0.717) is 24.9 Å². The van der Waals surface area contributed by atoms with E-state index in [9.17, 15) is 13.2 Å². The number of aromatic nitrogens is 3. The lowest BCUT2D eigenvalue weighted by Gasteiger charge is -2.40. The number of fused-ring (bicyclic) bond motifs is 1. The summed E-state index contributed by atoms with van der Waals surface area (Å²) in [6.07, 6.45) is 2.94. The van der Waals surface area contributed by atoms with Crippen LogP contribution in [-0.2, 0) is 6.18 Å². The van der Waals surface area contributed by atoms with Crippen LogP contribution in [0.25, 0.3) is 0 Å². The minimum atomic E-state index is -4.40. The first-order valence-corrected chi connectivity index (χ1v) is 9.86. The van der Waals surface area contributed by atoms with Crippen molar-refractivity contribution in [2.45, 2.75) is 43.8 Å². The maximum Gasteiger partial charge on any atom is 0.419 e. The Morgan fingerprint density at radius 2 is 1.82 bits per heavy atom. The van der Waals surface area contributed by atoms with Crippen LogP contribution in [0.1, 0.15) is 42.9 Å². The highest BCUT2D eigenvalue weighted by Gasteiger charge is 2.42. The van der Waals surface area contributed by atoms with Gasteiger partial charge in [0.25, 0.3) is 0 Å². The number of piperidine rings is 1. The van der Waals surface area contributed by atoms with Gasteiger partial charge in [0.15, 0.2) is 0 Å². The zero-order chi connectivity index (χ0) is 19.3. The SMILES string of the molecule is FC(F)(F)c1cccnc1N1CCC2CCN(c3cc(C4CC4)ncn3)C2C1. The van der Waals surface area contributed by atoms with Gasteiger partial charge < -0.3 is 9.80 Å². The Balaban J connectivity index is 1.41. The van der Waals surface area contributed by atoms with Gasteiger partial charge in [0.1, 0.15) is 18.0 Å². The van der Waals surface area contributed by atoms with Crippen molar-refractivity contribution in [3.63, 3.8) is 0 Å². The molecule has 1 saturated carbocycles. The van der Waals surface area contributed by atoms with Gasteiger partial charge in [-0.2, -0.15) is 13.2 Å². The molecule has 0 N–H and O–H groups in total. The Morgan fingerprint density at radius 3 is 2.61 bits per heavy atom. The Labute approximate surface area is 161 Å². The first-order chi connectivity index (χ1) is 13.5. The monoisotopic (exact) mass is 389 g/mol. The van der Waals surface area contributed by atoms with Gasteiger partial charge in [-0.1, -0.05) is 0 Å². The van der Waals surface area contributed by atoms with Gasteiger partial charge in [0, 0.05) is 43.5 Å². The maximum absolute atomic E-state index is 13.4. The molecule has 8 heteroatoms. The predicted molar refractivity (Wildman–Crippen MR) is 99.3 cm³/mol. The minimum absolute atomic E-state index is 0.0432. The number of alkyl halides is 3. The first-order valence-electron chi connectivity index (χ1n) is 9.86. The van der Waals surface area contributed by atoms with Crippen LogP contribution in [0, 0.1) is 5.92 Å². The van der Waals surface area contributed by atoms with E-state index >= 15 is 0 Å². The van der Waals surface area contributed by atoms with Crippen molar-refractivity contribution in [1.82, 2.24) is 15.0 Å². The number of rotatable bonds is 3. The number of pyridine rings is 1. The van der Waals surface area contributed by atoms with Gasteiger partial charge in [0.2, 0.25) is 0 Å². The number of nitrogens with zero attached hydrogens (tertiary/aromatic N) is 5. The van der Waals surface area contributed by atoms with Crippen molar-refractivity contribution in [3.8, 4) is 0 Å². The second-order valence-corrected chi connectivity index (χ2v) is 7.99. The number of hydrogen-bond donors (Lipinski definition) is 0. The third-order valence-electron chi connectivity index (χ3n) is 6.22. The summed E-state index contributed by atoms with van der Waals surface area (Å²) in [7, 11) is 0. The van der Waals surface area contributed by atoms with Crippen molar-refractivity contribution in [1.29, 1.82) is 0 Å². The summed E-state index contributed by atoms with van der Waals surface area (Å²) in [6.45, 7) is 2.03. The van der Waals surface area contributed by atoms with Crippen LogP contribution in [0.5, 0.6) is 0 Å². The summed E-state index contributed by atoms with van der Waals surface area (Å²) in [5.74, 6) is 1.98. The van der Waals surface area contributed by atoms with E-state index in [-0.39, 0.29) is 11.9 Å². The quantitative estimate of drug-likeness (QED) is 0.797. The fourth-order valence-corrected chi connectivity index (χ4v) is 4.61. The van der Waals surface area contributed by atoms with Crippen molar-refractivity contribution in [2.24, 2.45) is 5.92 Å². The summed E-state index contributed by atoms with van der Waals surface area (Å²) in [6, 6.07) is 4.69. The maximum atomic E-state index is 13.4. The second kappa shape index (κ2) is 6.60. The zero-order valence-electron chi connectivity index (χ0n) is 15.4. The molecule has 5 rings (SSSR count). The minimum Gasteiger partial charge on any atom is -0.354 e. The molecule has 2 aromatic heterocycles. The average Bonchev–Trinajstić information content (AvgIpc) is 3.46. The van der Waals surface area contributed by atoms with Crippen molar-refractivity contribution < 1.29 is 13.2 Å². The number of halogens is 3. The third-order valence-corrected chi connectivity index (χ3v) is 6.22. The molecule has 2 unspecified atom stereocenters. The highest BCUT2D eigenvalue weighted by atomic mass is 19.4. The van der Waals surface area contributed by atoms with Crippen molar-refractivity contribution in [3.05, 3.63) is 42.0 Å². The van der Waals surface area contributed by atoms with Gasteiger partial charge in [-0.15, -0.1) is 0 Å². The average molecular weight is 389 g/mol. The molecule has 2 aliphatic heterocycles. The molecule has 1 aliphatic carbocycles. The van der Waals surface area contributed by atoms with E-state index < -0.39 is 11.7 Å². The lowest BCUT2D eigenvalue weighted by Crippen LogP contribution is -2.49. The largest absolute Gasteiger partial charge is 0.419 e. The van der Waals surface area contributed by atoms with Gasteiger partial charge in [-0.25, -0.2) is 15.0 Å². The molecular formula is C20H22F3N5. The highest BCUT2D eigenvalue weighted by molar-refractivity contribution is 5.51. The molecule has 0 bridgehead atoms. The van der Waals surface area contributed by atoms with E-state index in [1.54, 1.807) is 11.2 Å². The predicted octanol–water partition coefficient (Wildman–Crippen LogP) is 3.87. The van der Waals surface area contributed by atoms with Gasteiger partial charge in [0.05, 0.1) is 11.6 Å². The molecule has 0 spiro atoms. The van der Waals surface area contributed by atoms with Crippen molar-refractivity contribution >= 4 is 11.6 Å². The van der Waals surface area contributed by atoms with Crippen LogP contribution in [0.15, 0.2) is 30.7 Å². The molecule has 4 heterocycles. The third kappa shape index (κ3) is 3.18. The van der Waals surface area contributed by atoms with Gasteiger partial charge in [-0.05, 0) is 43.7 Å². The first kappa shape index (κ1) is 17.7. The summed E-state index contributed by atoms with van der Waals surface area (Å²) in [4.78, 5) is 17.0. The van der Waals surface area contributed by atoms with Crippen LogP contribution in [0.4, 0.5) is 24.8 Å². The van der Waals surface area contributed by atoms with Crippen LogP contribution >= 0.6 is 0 Å². The van der Waals surface area contributed by atoms with Gasteiger partial charge >= 0.3 is 6.18 Å². The second-order valence-electron chi connectivity index (χ2n) is 7.99. The molecular weight excluding hydrogens is 367 g/mol. The lowest BCUT2D eigenvalue weighted by molar-refractivity contribution is -0.137. The molecule has 3 aliphatic rings. The molecule has 2 saturated heterocycles. The van der Waals surface area contributed by atoms with Crippen LogP contribution in [0.2, 0.25) is 0 Å². The van der Waals surface area contributed by atoms with Crippen LogP contribution in [-0.4, -0.2) is 40.6 Å². The molecule has 0 aromatic carbocycles.